The number of para-hydroxylation sites is 1. The summed E-state index contributed by atoms with van der Waals surface area (Å²) in [4.78, 5) is 25.7. The molecule has 0 fully saturated rings. The van der Waals surface area contributed by atoms with Crippen molar-refractivity contribution < 1.29 is 21.6 Å². The zero-order chi connectivity index (χ0) is 29.4. The third-order valence-corrected chi connectivity index (χ3v) is 9.79. The molecule has 14 heteroatoms. The molecule has 40 heavy (non-hydrogen) atoms. The van der Waals surface area contributed by atoms with Crippen molar-refractivity contribution in [1.29, 1.82) is 0 Å². The highest BCUT2D eigenvalue weighted by Crippen LogP contribution is 2.27. The van der Waals surface area contributed by atoms with Crippen molar-refractivity contribution in [3.8, 4) is 5.69 Å². The van der Waals surface area contributed by atoms with Gasteiger partial charge in [-0.15, -0.1) is 0 Å². The second kappa shape index (κ2) is 10.9. The van der Waals surface area contributed by atoms with E-state index in [1.807, 2.05) is 0 Å². The van der Waals surface area contributed by atoms with Crippen molar-refractivity contribution in [1.82, 2.24) is 13.7 Å². The van der Waals surface area contributed by atoms with Crippen molar-refractivity contribution in [3.05, 3.63) is 99.4 Å². The van der Waals surface area contributed by atoms with Crippen molar-refractivity contribution in [3.63, 3.8) is 0 Å². The predicted molar refractivity (Wildman–Crippen MR) is 153 cm³/mol. The maximum atomic E-state index is 13.3. The topological polar surface area (TPSA) is 140 Å². The number of carbonyl (C=O) groups excluding carboxylic acids is 1. The largest absolute Gasteiger partial charge is 0.322 e. The van der Waals surface area contributed by atoms with Crippen LogP contribution in [0.1, 0.15) is 16.1 Å². The Bertz CT molecular complexity index is 1880. The third kappa shape index (κ3) is 5.54. The van der Waals surface area contributed by atoms with E-state index >= 15 is 0 Å². The van der Waals surface area contributed by atoms with E-state index in [1.54, 1.807) is 44.3 Å². The lowest BCUT2D eigenvalue weighted by atomic mass is 10.2. The van der Waals surface area contributed by atoms with Gasteiger partial charge in [-0.3, -0.25) is 19.0 Å². The molecule has 0 saturated carbocycles. The van der Waals surface area contributed by atoms with Gasteiger partial charge in [-0.05, 0) is 55.5 Å². The Morgan fingerprint density at radius 1 is 0.925 bits per heavy atom. The molecule has 1 amide bonds. The molecule has 0 spiro atoms. The van der Waals surface area contributed by atoms with Crippen LogP contribution in [0.15, 0.2) is 87.4 Å². The van der Waals surface area contributed by atoms with Crippen LogP contribution in [0.4, 0.5) is 11.4 Å². The van der Waals surface area contributed by atoms with Gasteiger partial charge in [0.25, 0.3) is 21.5 Å². The summed E-state index contributed by atoms with van der Waals surface area (Å²) in [5.41, 5.74) is 0.388. The smallest absolute Gasteiger partial charge is 0.296 e. The molecule has 0 radical (unpaired) electrons. The summed E-state index contributed by atoms with van der Waals surface area (Å²) in [5.74, 6) is -0.685. The number of benzene rings is 3. The van der Waals surface area contributed by atoms with Crippen LogP contribution in [0, 0.1) is 6.92 Å². The van der Waals surface area contributed by atoms with Crippen molar-refractivity contribution >= 4 is 48.9 Å². The van der Waals surface area contributed by atoms with Gasteiger partial charge in [-0.1, -0.05) is 35.9 Å². The molecule has 1 aromatic heterocycles. The Labute approximate surface area is 236 Å². The minimum absolute atomic E-state index is 0.0127. The van der Waals surface area contributed by atoms with Crippen molar-refractivity contribution in [2.24, 2.45) is 7.05 Å². The summed E-state index contributed by atoms with van der Waals surface area (Å²) in [6, 6.07) is 18.0. The molecule has 0 bridgehead atoms. The van der Waals surface area contributed by atoms with E-state index in [9.17, 15) is 26.4 Å². The van der Waals surface area contributed by atoms with E-state index in [0.717, 1.165) is 10.4 Å². The fourth-order valence-electron chi connectivity index (χ4n) is 3.86. The Morgan fingerprint density at radius 2 is 1.60 bits per heavy atom. The molecule has 0 atom stereocenters. The number of sulfonamides is 2. The lowest BCUT2D eigenvalue weighted by Gasteiger charge is -2.14. The first kappa shape index (κ1) is 29.1. The highest BCUT2D eigenvalue weighted by atomic mass is 35.5. The first-order chi connectivity index (χ1) is 18.7. The van der Waals surface area contributed by atoms with Crippen LogP contribution in [0.2, 0.25) is 5.02 Å². The number of nitrogens with zero attached hydrogens (tertiary/aromatic N) is 3. The van der Waals surface area contributed by atoms with Gasteiger partial charge >= 0.3 is 0 Å². The molecular weight excluding hydrogens is 578 g/mol. The van der Waals surface area contributed by atoms with E-state index in [-0.39, 0.29) is 31.8 Å². The predicted octanol–water partition coefficient (Wildman–Crippen LogP) is 3.44. The van der Waals surface area contributed by atoms with Gasteiger partial charge in [0, 0.05) is 32.4 Å². The number of aromatic nitrogens is 2. The van der Waals surface area contributed by atoms with E-state index in [0.29, 0.717) is 11.4 Å². The van der Waals surface area contributed by atoms with Crippen molar-refractivity contribution in [2.45, 2.75) is 16.7 Å². The highest BCUT2D eigenvalue weighted by molar-refractivity contribution is 7.92. The first-order valence-corrected chi connectivity index (χ1v) is 15.0. The fraction of sp³-hybridized carbons (Fsp3) is 0.154. The van der Waals surface area contributed by atoms with Crippen LogP contribution in [0.5, 0.6) is 0 Å². The molecule has 0 aliphatic carbocycles. The Kier molecular flexibility index (Phi) is 7.94. The Morgan fingerprint density at radius 3 is 2.25 bits per heavy atom. The van der Waals surface area contributed by atoms with Crippen LogP contribution < -0.4 is 15.6 Å². The average Bonchev–Trinajstić information content (AvgIpc) is 3.12. The Balaban J connectivity index is 1.62. The number of nitrogens with one attached hydrogen (secondary N) is 2. The lowest BCUT2D eigenvalue weighted by Crippen LogP contribution is -2.23. The summed E-state index contributed by atoms with van der Waals surface area (Å²) in [6.07, 6.45) is 0. The second-order valence-electron chi connectivity index (χ2n) is 8.96. The molecule has 0 saturated heterocycles. The number of halogens is 1. The van der Waals surface area contributed by atoms with Crippen LogP contribution in [-0.4, -0.2) is 50.5 Å². The van der Waals surface area contributed by atoms with Crippen LogP contribution in [0.3, 0.4) is 0 Å². The summed E-state index contributed by atoms with van der Waals surface area (Å²) in [6.45, 7) is 1.61. The van der Waals surface area contributed by atoms with Crippen LogP contribution in [0.25, 0.3) is 5.69 Å². The van der Waals surface area contributed by atoms with Gasteiger partial charge in [0.2, 0.25) is 10.0 Å². The zero-order valence-electron chi connectivity index (χ0n) is 21.9. The first-order valence-electron chi connectivity index (χ1n) is 11.7. The SMILES string of the molecule is Cc1c(NS(=O)(=O)c2cccc(C(=O)Nc3ccc(Cl)c(S(=O)(=O)N(C)C)c3)c2)c(=O)n(-c2ccccc2)n1C. The van der Waals surface area contributed by atoms with E-state index in [2.05, 4.69) is 10.0 Å². The van der Waals surface area contributed by atoms with Gasteiger partial charge in [-0.25, -0.2) is 25.8 Å². The molecule has 0 unspecified atom stereocenters. The third-order valence-electron chi connectivity index (χ3n) is 6.14. The molecule has 3 aromatic carbocycles. The minimum atomic E-state index is -4.27. The number of rotatable bonds is 8. The monoisotopic (exact) mass is 603 g/mol. The zero-order valence-corrected chi connectivity index (χ0v) is 24.3. The lowest BCUT2D eigenvalue weighted by molar-refractivity contribution is 0.102. The summed E-state index contributed by atoms with van der Waals surface area (Å²) in [5, 5.41) is 2.54. The normalized spacial score (nSPS) is 11.9. The number of anilines is 2. The maximum Gasteiger partial charge on any atom is 0.296 e. The summed E-state index contributed by atoms with van der Waals surface area (Å²) < 4.78 is 57.9. The van der Waals surface area contributed by atoms with E-state index in [1.165, 1.54) is 59.9 Å². The van der Waals surface area contributed by atoms with Gasteiger partial charge in [-0.2, -0.15) is 0 Å². The molecule has 2 N–H and O–H groups in total. The van der Waals surface area contributed by atoms with E-state index < -0.39 is 31.5 Å². The molecule has 0 aliphatic rings. The minimum Gasteiger partial charge on any atom is -0.322 e. The van der Waals surface area contributed by atoms with Gasteiger partial charge in [0.05, 0.1) is 21.3 Å². The molecule has 11 nitrogen and oxygen atoms in total. The number of hydrogen-bond donors (Lipinski definition) is 2. The summed E-state index contributed by atoms with van der Waals surface area (Å²) in [7, 11) is -3.81. The molecular formula is C26H26ClN5O6S2. The Hall–Kier alpha value is -3.91. The molecule has 210 valence electrons. The van der Waals surface area contributed by atoms with Crippen LogP contribution >= 0.6 is 11.6 Å². The molecule has 0 aliphatic heterocycles. The van der Waals surface area contributed by atoms with Crippen molar-refractivity contribution in [2.75, 3.05) is 24.1 Å². The van der Waals surface area contributed by atoms with Crippen LogP contribution in [-0.2, 0) is 27.1 Å². The van der Waals surface area contributed by atoms with E-state index in [4.69, 9.17) is 11.6 Å². The van der Waals surface area contributed by atoms with Gasteiger partial charge in [0.15, 0.2) is 0 Å². The highest BCUT2D eigenvalue weighted by Gasteiger charge is 2.24. The average molecular weight is 604 g/mol. The number of amides is 1. The fourth-order valence-corrected chi connectivity index (χ4v) is 6.42. The van der Waals surface area contributed by atoms with Gasteiger partial charge < -0.3 is 5.32 Å². The standard InChI is InChI=1S/C26H26ClN5O6S2/c1-17-24(26(34)32(31(17)4)20-10-6-5-7-11-20)29-39(35,36)21-12-8-9-18(15-21)25(33)28-19-13-14-22(27)23(16-19)40(37,38)30(2)3/h5-16,29H,1-4H3,(H,28,33). The summed E-state index contributed by atoms with van der Waals surface area (Å²) >= 11 is 6.07. The quantitative estimate of drug-likeness (QED) is 0.316. The second-order valence-corrected chi connectivity index (χ2v) is 13.2. The maximum absolute atomic E-state index is 13.3. The number of hydrogen-bond acceptors (Lipinski definition) is 6. The molecule has 4 aromatic rings. The molecule has 4 rings (SSSR count). The van der Waals surface area contributed by atoms with Gasteiger partial charge in [0.1, 0.15) is 10.6 Å². The number of carbonyl (C=O) groups is 1. The molecule has 1 heterocycles.